The Morgan fingerprint density at radius 3 is 2.20 bits per heavy atom. The third-order valence-corrected chi connectivity index (χ3v) is 10.7. The molecule has 1 aliphatic heterocycles. The summed E-state index contributed by atoms with van der Waals surface area (Å²) in [6, 6.07) is 6.77. The highest BCUT2D eigenvalue weighted by atomic mass is 16.6. The number of aromatic nitrogens is 2. The molecule has 1 saturated heterocycles. The summed E-state index contributed by atoms with van der Waals surface area (Å²) in [5.74, 6) is -1.31. The van der Waals surface area contributed by atoms with E-state index in [1.165, 1.54) is 19.2 Å². The molecule has 0 radical (unpaired) electrons. The molecule has 3 aliphatic rings. The van der Waals surface area contributed by atoms with Crippen LogP contribution in [0.5, 0.6) is 0 Å². The number of likely N-dealkylation sites (tertiary alicyclic amines) is 1. The Hall–Kier alpha value is -3.93. The second-order valence-electron chi connectivity index (χ2n) is 15.8. The molecule has 12 nitrogen and oxygen atoms in total. The minimum absolute atomic E-state index is 0.0171. The Labute approximate surface area is 302 Å². The van der Waals surface area contributed by atoms with E-state index in [1.54, 1.807) is 27.0 Å². The van der Waals surface area contributed by atoms with Gasteiger partial charge in [0.2, 0.25) is 17.7 Å². The molecule has 280 valence electrons. The van der Waals surface area contributed by atoms with E-state index in [0.717, 1.165) is 56.9 Å². The Morgan fingerprint density at radius 2 is 1.55 bits per heavy atom. The van der Waals surface area contributed by atoms with Gasteiger partial charge in [0.1, 0.15) is 17.7 Å². The quantitative estimate of drug-likeness (QED) is 0.192. The number of aliphatic hydroxyl groups is 1. The third-order valence-electron chi connectivity index (χ3n) is 10.7. The Morgan fingerprint density at radius 1 is 0.902 bits per heavy atom. The third kappa shape index (κ3) is 11.3. The zero-order valence-corrected chi connectivity index (χ0v) is 30.6. The number of benzene rings is 1. The van der Waals surface area contributed by atoms with E-state index in [9.17, 15) is 24.3 Å². The van der Waals surface area contributed by atoms with Crippen LogP contribution >= 0.6 is 0 Å². The van der Waals surface area contributed by atoms with Crippen LogP contribution in [0.15, 0.2) is 42.9 Å². The summed E-state index contributed by atoms with van der Waals surface area (Å²) in [6.45, 7) is 5.86. The van der Waals surface area contributed by atoms with Crippen LogP contribution in [0, 0.1) is 11.8 Å². The first-order chi connectivity index (χ1) is 24.5. The highest BCUT2D eigenvalue weighted by Crippen LogP contribution is 2.34. The van der Waals surface area contributed by atoms with Crippen molar-refractivity contribution in [2.75, 3.05) is 6.54 Å². The Bertz CT molecular complexity index is 1420. The number of ether oxygens (including phenoxy) is 1. The van der Waals surface area contributed by atoms with Gasteiger partial charge in [-0.15, -0.1) is 0 Å². The first kappa shape index (κ1) is 38.3. The number of carbonyl (C=O) groups is 4. The number of hydrogen-bond acceptors (Lipinski definition) is 7. The van der Waals surface area contributed by atoms with Gasteiger partial charge >= 0.3 is 6.09 Å². The Balaban J connectivity index is 1.34. The van der Waals surface area contributed by atoms with Crippen LogP contribution in [0.25, 0.3) is 0 Å². The van der Waals surface area contributed by atoms with Gasteiger partial charge in [-0.3, -0.25) is 14.4 Å². The number of nitrogens with zero attached hydrogens (tertiary/aromatic N) is 2. The van der Waals surface area contributed by atoms with Crippen LogP contribution < -0.4 is 16.0 Å². The van der Waals surface area contributed by atoms with Crippen LogP contribution in [0.1, 0.15) is 109 Å². The summed E-state index contributed by atoms with van der Waals surface area (Å²) in [5.41, 5.74) is 0.680. The highest BCUT2D eigenvalue weighted by molar-refractivity contribution is 5.92. The molecule has 5 N–H and O–H groups in total. The van der Waals surface area contributed by atoms with E-state index < -0.39 is 53.7 Å². The highest BCUT2D eigenvalue weighted by Gasteiger charge is 2.44. The molecule has 2 aromatic rings. The van der Waals surface area contributed by atoms with Crippen molar-refractivity contribution in [3.05, 3.63) is 54.1 Å². The maximum absolute atomic E-state index is 14.3. The summed E-state index contributed by atoms with van der Waals surface area (Å²) < 4.78 is 5.47. The second kappa shape index (κ2) is 18.0. The van der Waals surface area contributed by atoms with Gasteiger partial charge in [0.15, 0.2) is 0 Å². The van der Waals surface area contributed by atoms with Gasteiger partial charge in [-0.25, -0.2) is 9.78 Å². The molecule has 1 aromatic heterocycles. The fourth-order valence-electron chi connectivity index (χ4n) is 8.03. The molecule has 0 bridgehead atoms. The zero-order valence-electron chi connectivity index (χ0n) is 30.6. The number of alkyl carbamates (subject to hydrolysis) is 1. The molecule has 5 rings (SSSR count). The van der Waals surface area contributed by atoms with Crippen molar-refractivity contribution in [3.63, 3.8) is 0 Å². The van der Waals surface area contributed by atoms with Crippen molar-refractivity contribution in [1.82, 2.24) is 30.8 Å². The van der Waals surface area contributed by atoms with Crippen LogP contribution in [-0.2, 0) is 32.0 Å². The van der Waals surface area contributed by atoms with Crippen LogP contribution in [0.2, 0.25) is 0 Å². The van der Waals surface area contributed by atoms with Crippen molar-refractivity contribution in [2.45, 2.75) is 147 Å². The summed E-state index contributed by atoms with van der Waals surface area (Å²) in [6.07, 6.45) is 13.5. The predicted octanol–water partition coefficient (Wildman–Crippen LogP) is 4.57. The minimum Gasteiger partial charge on any atom is -0.444 e. The van der Waals surface area contributed by atoms with Gasteiger partial charge in [0, 0.05) is 37.3 Å². The van der Waals surface area contributed by atoms with E-state index in [2.05, 4.69) is 25.9 Å². The smallest absolute Gasteiger partial charge is 0.408 e. The molecule has 5 atom stereocenters. The average Bonchev–Trinajstić information content (AvgIpc) is 3.77. The van der Waals surface area contributed by atoms with E-state index in [4.69, 9.17) is 4.74 Å². The molecule has 0 spiro atoms. The standard InChI is InChI=1S/C39H58N6O6/c1-39(2,3)51-38(50)44-32(22-27-15-9-5-10-16-27)35(47)43-33(23-28-24-40-25-41-28)36(48)42-31(21-26-13-7-4-8-14-26)34(46)30-19-20-45(37(30)49)29-17-11-6-12-18-29/h5,9-10,15-16,24-26,29-34,46H,4,6-8,11-14,17-23H2,1-3H3,(H,40,41)(H,42,48)(H,43,47)(H,44,50)/t30-,31-,32-,33-,34-/m0/s1. The van der Waals surface area contributed by atoms with E-state index in [0.29, 0.717) is 31.0 Å². The topological polar surface area (TPSA) is 166 Å². The Kier molecular flexibility index (Phi) is 13.5. The number of carbonyl (C=O) groups excluding carboxylic acids is 4. The van der Waals surface area contributed by atoms with Crippen molar-refractivity contribution < 1.29 is 29.0 Å². The lowest BCUT2D eigenvalue weighted by Crippen LogP contribution is -2.58. The van der Waals surface area contributed by atoms with E-state index >= 15 is 0 Å². The number of amides is 4. The average molecular weight is 707 g/mol. The molecule has 1 aromatic carbocycles. The van der Waals surface area contributed by atoms with E-state index in [1.807, 2.05) is 35.2 Å². The molecule has 2 aliphatic carbocycles. The number of nitrogens with one attached hydrogen (secondary N) is 4. The summed E-state index contributed by atoms with van der Waals surface area (Å²) in [4.78, 5) is 64.0. The SMILES string of the molecule is CC(C)(C)OC(=O)N[C@@H](Cc1ccccc1)C(=O)N[C@@H](Cc1cnc[nH]1)C(=O)N[C@@H](CC1CCCCC1)[C@@H](O)[C@@H]1CCN(C2CCCCC2)C1=O. The first-order valence-electron chi connectivity index (χ1n) is 19.1. The molecule has 51 heavy (non-hydrogen) atoms. The number of aliphatic hydroxyl groups excluding tert-OH is 1. The van der Waals surface area contributed by atoms with Gasteiger partial charge < -0.3 is 35.7 Å². The molecule has 2 saturated carbocycles. The molecule has 12 heteroatoms. The molecule has 4 amide bonds. The molecule has 2 heterocycles. The lowest BCUT2D eigenvalue weighted by molar-refractivity contribution is -0.138. The fourth-order valence-corrected chi connectivity index (χ4v) is 8.03. The van der Waals surface area contributed by atoms with Crippen LogP contribution in [0.3, 0.4) is 0 Å². The van der Waals surface area contributed by atoms with Gasteiger partial charge in [-0.1, -0.05) is 81.7 Å². The van der Waals surface area contributed by atoms with Crippen molar-refractivity contribution in [3.8, 4) is 0 Å². The van der Waals surface area contributed by atoms with Crippen molar-refractivity contribution in [1.29, 1.82) is 0 Å². The lowest BCUT2D eigenvalue weighted by Gasteiger charge is -2.34. The maximum atomic E-state index is 14.3. The zero-order chi connectivity index (χ0) is 36.4. The summed E-state index contributed by atoms with van der Waals surface area (Å²) in [5, 5.41) is 20.6. The minimum atomic E-state index is -1.06. The molecular weight excluding hydrogens is 648 g/mol. The largest absolute Gasteiger partial charge is 0.444 e. The summed E-state index contributed by atoms with van der Waals surface area (Å²) in [7, 11) is 0. The lowest BCUT2D eigenvalue weighted by atomic mass is 9.81. The summed E-state index contributed by atoms with van der Waals surface area (Å²) >= 11 is 0. The molecule has 0 unspecified atom stereocenters. The first-order valence-corrected chi connectivity index (χ1v) is 19.1. The van der Waals surface area contributed by atoms with Crippen LogP contribution in [-0.4, -0.2) is 86.2 Å². The van der Waals surface area contributed by atoms with Gasteiger partial charge in [0.05, 0.1) is 24.4 Å². The normalized spacial score (nSPS) is 21.4. The second-order valence-corrected chi connectivity index (χ2v) is 15.8. The van der Waals surface area contributed by atoms with Crippen LogP contribution in [0.4, 0.5) is 4.79 Å². The van der Waals surface area contributed by atoms with Crippen molar-refractivity contribution in [2.24, 2.45) is 11.8 Å². The molecular formula is C39H58N6O6. The number of H-pyrrole nitrogens is 1. The van der Waals surface area contributed by atoms with Gasteiger partial charge in [-0.2, -0.15) is 0 Å². The number of imidazole rings is 1. The fraction of sp³-hybridized carbons (Fsp3) is 0.667. The van der Waals surface area contributed by atoms with Gasteiger partial charge in [-0.05, 0) is 57.9 Å². The predicted molar refractivity (Wildman–Crippen MR) is 193 cm³/mol. The maximum Gasteiger partial charge on any atom is 0.408 e. The van der Waals surface area contributed by atoms with Gasteiger partial charge in [0.25, 0.3) is 0 Å². The number of aromatic amines is 1. The van der Waals surface area contributed by atoms with Crippen molar-refractivity contribution >= 4 is 23.8 Å². The van der Waals surface area contributed by atoms with E-state index in [-0.39, 0.29) is 24.8 Å². The monoisotopic (exact) mass is 706 g/mol. The number of rotatable bonds is 14. The number of hydrogen-bond donors (Lipinski definition) is 5. The molecule has 3 fully saturated rings.